The van der Waals surface area contributed by atoms with E-state index in [0.717, 1.165) is 25.7 Å². The first kappa shape index (κ1) is 19.0. The van der Waals surface area contributed by atoms with Crippen molar-refractivity contribution in [1.82, 2.24) is 5.32 Å². The first-order valence-electron chi connectivity index (χ1n) is 8.83. The fourth-order valence-corrected chi connectivity index (χ4v) is 3.28. The predicted molar refractivity (Wildman–Crippen MR) is 101 cm³/mol. The van der Waals surface area contributed by atoms with Crippen molar-refractivity contribution in [2.75, 3.05) is 23.7 Å². The molecule has 6 heteroatoms. The van der Waals surface area contributed by atoms with Crippen LogP contribution in [0.4, 0.5) is 16.2 Å². The molecule has 0 unspecified atom stereocenters. The number of hydrogen-bond acceptors (Lipinski definition) is 3. The third-order valence-corrected chi connectivity index (χ3v) is 4.72. The second-order valence-corrected chi connectivity index (χ2v) is 6.69. The van der Waals surface area contributed by atoms with Gasteiger partial charge < -0.3 is 21.7 Å². The Bertz CT molecular complexity index is 592. The third-order valence-electron chi connectivity index (χ3n) is 4.72. The summed E-state index contributed by atoms with van der Waals surface area (Å²) in [6, 6.07) is 6.76. The Morgan fingerprint density at radius 3 is 2.24 bits per heavy atom. The molecule has 1 aliphatic rings. The molecular weight excluding hydrogens is 316 g/mol. The molecule has 0 spiro atoms. The number of nitrogens with one attached hydrogen (secondary N) is 3. The van der Waals surface area contributed by atoms with E-state index < -0.39 is 0 Å². The first-order chi connectivity index (χ1) is 12.1. The highest BCUT2D eigenvalue weighted by Gasteiger charge is 2.32. The highest BCUT2D eigenvalue weighted by atomic mass is 16.2. The predicted octanol–water partition coefficient (Wildman–Crippen LogP) is 3.23. The minimum absolute atomic E-state index is 0.00298. The van der Waals surface area contributed by atoms with Crippen LogP contribution < -0.4 is 21.7 Å². The zero-order valence-electron chi connectivity index (χ0n) is 14.6. The maximum Gasteiger partial charge on any atom is 0.319 e. The molecular formula is C19H28N4O2. The van der Waals surface area contributed by atoms with Gasteiger partial charge in [0.15, 0.2) is 0 Å². The van der Waals surface area contributed by atoms with Crippen molar-refractivity contribution in [3.8, 4) is 0 Å². The van der Waals surface area contributed by atoms with Crippen molar-refractivity contribution in [1.29, 1.82) is 0 Å². The van der Waals surface area contributed by atoms with Crippen LogP contribution in [0.5, 0.6) is 0 Å². The van der Waals surface area contributed by atoms with E-state index in [2.05, 4.69) is 22.5 Å². The van der Waals surface area contributed by atoms with Crippen molar-refractivity contribution < 1.29 is 9.59 Å². The zero-order valence-corrected chi connectivity index (χ0v) is 14.6. The lowest BCUT2D eigenvalue weighted by Crippen LogP contribution is -2.36. The molecule has 0 atom stereocenters. The molecule has 1 saturated carbocycles. The van der Waals surface area contributed by atoms with Crippen molar-refractivity contribution in [3.05, 3.63) is 36.9 Å². The average molecular weight is 344 g/mol. The number of hydrogen-bond donors (Lipinski definition) is 4. The number of nitrogens with two attached hydrogens (primary N) is 1. The monoisotopic (exact) mass is 344 g/mol. The van der Waals surface area contributed by atoms with Crippen LogP contribution >= 0.6 is 0 Å². The lowest BCUT2D eigenvalue weighted by Gasteiger charge is -2.35. The van der Waals surface area contributed by atoms with Crippen LogP contribution in [-0.2, 0) is 4.79 Å². The molecule has 6 nitrogen and oxygen atoms in total. The van der Waals surface area contributed by atoms with Gasteiger partial charge in [-0.05, 0) is 49.1 Å². The van der Waals surface area contributed by atoms with E-state index in [1.807, 2.05) is 0 Å². The van der Waals surface area contributed by atoms with Gasteiger partial charge in [-0.25, -0.2) is 4.79 Å². The molecule has 1 aromatic carbocycles. The van der Waals surface area contributed by atoms with E-state index in [9.17, 15) is 9.59 Å². The normalized spacial score (nSPS) is 15.9. The van der Waals surface area contributed by atoms with Crippen LogP contribution in [0.25, 0.3) is 0 Å². The molecule has 0 heterocycles. The first-order valence-corrected chi connectivity index (χ1v) is 8.83. The van der Waals surface area contributed by atoms with Gasteiger partial charge in [0, 0.05) is 24.3 Å². The molecule has 0 bridgehead atoms. The van der Waals surface area contributed by atoms with Crippen LogP contribution in [-0.4, -0.2) is 25.0 Å². The van der Waals surface area contributed by atoms with E-state index in [1.54, 1.807) is 30.3 Å². The van der Waals surface area contributed by atoms with Crippen molar-refractivity contribution in [2.24, 2.45) is 11.1 Å². The van der Waals surface area contributed by atoms with Crippen LogP contribution in [0.1, 0.15) is 38.5 Å². The highest BCUT2D eigenvalue weighted by Crippen LogP contribution is 2.38. The van der Waals surface area contributed by atoms with Gasteiger partial charge in [0.1, 0.15) is 0 Å². The largest absolute Gasteiger partial charge is 0.334 e. The van der Waals surface area contributed by atoms with Gasteiger partial charge in [0.05, 0.1) is 0 Å². The number of carbonyl (C=O) groups is 2. The Labute approximate surface area is 149 Å². The summed E-state index contributed by atoms with van der Waals surface area (Å²) >= 11 is 0. The smallest absolute Gasteiger partial charge is 0.319 e. The summed E-state index contributed by atoms with van der Waals surface area (Å²) in [5.41, 5.74) is 7.27. The lowest BCUT2D eigenvalue weighted by molar-refractivity contribution is -0.118. The second-order valence-electron chi connectivity index (χ2n) is 6.69. The number of amides is 3. The molecule has 3 amide bonds. The molecule has 25 heavy (non-hydrogen) atoms. The summed E-state index contributed by atoms with van der Waals surface area (Å²) in [6.07, 6.45) is 7.67. The summed E-state index contributed by atoms with van der Waals surface area (Å²) in [5.74, 6) is -0.00298. The number of benzene rings is 1. The van der Waals surface area contributed by atoms with Gasteiger partial charge in [0.25, 0.3) is 0 Å². The Hall–Kier alpha value is -2.34. The Kier molecular flexibility index (Phi) is 7.01. The minimum Gasteiger partial charge on any atom is -0.334 e. The number of carbonyl (C=O) groups excluding carboxylic acids is 2. The highest BCUT2D eigenvalue weighted by molar-refractivity contribution is 5.92. The van der Waals surface area contributed by atoms with Crippen LogP contribution in [0.15, 0.2) is 36.9 Å². The second kappa shape index (κ2) is 9.22. The summed E-state index contributed by atoms with van der Waals surface area (Å²) in [4.78, 5) is 23.9. The van der Waals surface area contributed by atoms with E-state index in [0.29, 0.717) is 30.9 Å². The molecule has 5 N–H and O–H groups in total. The van der Waals surface area contributed by atoms with Gasteiger partial charge in [-0.2, -0.15) is 0 Å². The Morgan fingerprint density at radius 1 is 1.08 bits per heavy atom. The Morgan fingerprint density at radius 2 is 1.68 bits per heavy atom. The SMILES string of the molecule is C=CCNC(=O)Nc1ccc(NC(=O)CC2(CN)CCCCC2)cc1. The molecule has 0 radical (unpaired) electrons. The molecule has 0 aromatic heterocycles. The summed E-state index contributed by atoms with van der Waals surface area (Å²) < 4.78 is 0. The van der Waals surface area contributed by atoms with Gasteiger partial charge in [0.2, 0.25) is 5.91 Å². The fourth-order valence-electron chi connectivity index (χ4n) is 3.28. The van der Waals surface area contributed by atoms with E-state index in [-0.39, 0.29) is 17.4 Å². The summed E-state index contributed by atoms with van der Waals surface area (Å²) in [7, 11) is 0. The lowest BCUT2D eigenvalue weighted by atomic mass is 9.71. The van der Waals surface area contributed by atoms with Crippen LogP contribution in [0, 0.1) is 5.41 Å². The average Bonchev–Trinajstić information content (AvgIpc) is 2.62. The van der Waals surface area contributed by atoms with E-state index in [1.165, 1.54) is 6.42 Å². The molecule has 0 saturated heterocycles. The van der Waals surface area contributed by atoms with Crippen LogP contribution in [0.3, 0.4) is 0 Å². The summed E-state index contributed by atoms with van der Waals surface area (Å²) in [6.45, 7) is 4.51. The van der Waals surface area contributed by atoms with E-state index in [4.69, 9.17) is 5.73 Å². The molecule has 2 rings (SSSR count). The molecule has 1 fully saturated rings. The number of anilines is 2. The van der Waals surface area contributed by atoms with Crippen molar-refractivity contribution in [3.63, 3.8) is 0 Å². The van der Waals surface area contributed by atoms with E-state index >= 15 is 0 Å². The molecule has 1 aromatic rings. The van der Waals surface area contributed by atoms with Crippen molar-refractivity contribution >= 4 is 23.3 Å². The topological polar surface area (TPSA) is 96.2 Å². The number of rotatable bonds is 7. The summed E-state index contributed by atoms with van der Waals surface area (Å²) in [5, 5.41) is 8.27. The number of urea groups is 1. The van der Waals surface area contributed by atoms with Gasteiger partial charge in [-0.1, -0.05) is 25.3 Å². The van der Waals surface area contributed by atoms with Gasteiger partial charge in [-0.15, -0.1) is 6.58 Å². The van der Waals surface area contributed by atoms with Crippen LogP contribution in [0.2, 0.25) is 0 Å². The molecule has 0 aliphatic heterocycles. The third kappa shape index (κ3) is 5.90. The minimum atomic E-state index is -0.293. The maximum atomic E-state index is 12.4. The zero-order chi connectivity index (χ0) is 18.1. The van der Waals surface area contributed by atoms with Gasteiger partial charge >= 0.3 is 6.03 Å². The molecule has 1 aliphatic carbocycles. The maximum absolute atomic E-state index is 12.4. The van der Waals surface area contributed by atoms with Gasteiger partial charge in [-0.3, -0.25) is 4.79 Å². The standard InChI is InChI=1S/C19H28N4O2/c1-2-12-21-18(25)23-16-8-6-15(7-9-16)22-17(24)13-19(14-20)10-4-3-5-11-19/h2,6-9H,1,3-5,10-14,20H2,(H,22,24)(H2,21,23,25). The fraction of sp³-hybridized carbons (Fsp3) is 0.474. The quantitative estimate of drug-likeness (QED) is 0.572. The Balaban J connectivity index is 1.86. The van der Waals surface area contributed by atoms with Crippen molar-refractivity contribution in [2.45, 2.75) is 38.5 Å². The molecule has 136 valence electrons.